The molecule has 0 radical (unpaired) electrons. The highest BCUT2D eigenvalue weighted by Gasteiger charge is 2.19. The van der Waals surface area contributed by atoms with Crippen LogP contribution in [0.5, 0.6) is 0 Å². The predicted octanol–water partition coefficient (Wildman–Crippen LogP) is -0.270. The molecule has 0 aliphatic heterocycles. The lowest BCUT2D eigenvalue weighted by Gasteiger charge is -2.16. The van der Waals surface area contributed by atoms with Crippen LogP contribution in [-0.2, 0) is 0 Å². The molecule has 0 saturated heterocycles. The lowest BCUT2D eigenvalue weighted by atomic mass is 10.1. The summed E-state index contributed by atoms with van der Waals surface area (Å²) in [6.07, 6.45) is -0.788. The zero-order valence-electron chi connectivity index (χ0n) is 8.04. The highest BCUT2D eigenvalue weighted by molar-refractivity contribution is 5.29. The Morgan fingerprint density at radius 2 is 2.20 bits per heavy atom. The van der Waals surface area contributed by atoms with E-state index in [0.29, 0.717) is 5.56 Å². The second kappa shape index (κ2) is 5.41. The highest BCUT2D eigenvalue weighted by atomic mass is 16.3. The third-order valence-electron chi connectivity index (χ3n) is 2.00. The Bertz CT molecular complexity index is 362. The van der Waals surface area contributed by atoms with E-state index in [1.54, 1.807) is 0 Å². The van der Waals surface area contributed by atoms with Gasteiger partial charge in [0.15, 0.2) is 0 Å². The van der Waals surface area contributed by atoms with Crippen molar-refractivity contribution in [1.82, 2.24) is 4.98 Å². The van der Waals surface area contributed by atoms with Gasteiger partial charge in [0.25, 0.3) is 0 Å². The molecule has 0 spiro atoms. The Morgan fingerprint density at radius 3 is 2.80 bits per heavy atom. The van der Waals surface area contributed by atoms with Crippen LogP contribution in [-0.4, -0.2) is 33.0 Å². The van der Waals surface area contributed by atoms with Gasteiger partial charge in [-0.25, -0.2) is 0 Å². The number of rotatable bonds is 4. The standard InChI is InChI=1S/C10H12N2O3/c11-6-7-1-3-12-8(5-7)10(15)9(14)2-4-13/h1,3,5,9-10,13-15H,2,4H2. The van der Waals surface area contributed by atoms with Gasteiger partial charge in [0.2, 0.25) is 0 Å². The molecule has 0 aromatic carbocycles. The van der Waals surface area contributed by atoms with Crippen LogP contribution in [0.25, 0.3) is 0 Å². The Kier molecular flexibility index (Phi) is 4.18. The topological polar surface area (TPSA) is 97.4 Å². The first-order valence-corrected chi connectivity index (χ1v) is 4.52. The van der Waals surface area contributed by atoms with Gasteiger partial charge in [0.1, 0.15) is 6.10 Å². The molecule has 0 bridgehead atoms. The van der Waals surface area contributed by atoms with Gasteiger partial charge in [-0.1, -0.05) is 0 Å². The van der Waals surface area contributed by atoms with Gasteiger partial charge in [-0.15, -0.1) is 0 Å². The third kappa shape index (κ3) is 2.99. The predicted molar refractivity (Wildman–Crippen MR) is 51.6 cm³/mol. The molecule has 1 heterocycles. The third-order valence-corrected chi connectivity index (χ3v) is 2.00. The number of aliphatic hydroxyl groups excluding tert-OH is 3. The monoisotopic (exact) mass is 208 g/mol. The van der Waals surface area contributed by atoms with E-state index in [1.807, 2.05) is 6.07 Å². The Balaban J connectivity index is 2.82. The average molecular weight is 208 g/mol. The number of nitriles is 1. The van der Waals surface area contributed by atoms with Gasteiger partial charge >= 0.3 is 0 Å². The minimum absolute atomic E-state index is 0.0691. The maximum Gasteiger partial charge on any atom is 0.122 e. The van der Waals surface area contributed by atoms with E-state index >= 15 is 0 Å². The summed E-state index contributed by atoms with van der Waals surface area (Å²) in [4.78, 5) is 3.85. The quantitative estimate of drug-likeness (QED) is 0.632. The minimum atomic E-state index is -1.18. The maximum absolute atomic E-state index is 9.61. The highest BCUT2D eigenvalue weighted by Crippen LogP contribution is 2.17. The van der Waals surface area contributed by atoms with Crippen molar-refractivity contribution in [2.24, 2.45) is 0 Å². The van der Waals surface area contributed by atoms with E-state index < -0.39 is 12.2 Å². The minimum Gasteiger partial charge on any atom is -0.396 e. The number of aliphatic hydroxyl groups is 3. The van der Waals surface area contributed by atoms with E-state index in [0.717, 1.165) is 0 Å². The maximum atomic E-state index is 9.61. The fourth-order valence-electron chi connectivity index (χ4n) is 1.17. The number of aromatic nitrogens is 1. The van der Waals surface area contributed by atoms with E-state index in [4.69, 9.17) is 10.4 Å². The van der Waals surface area contributed by atoms with Crippen molar-refractivity contribution >= 4 is 0 Å². The van der Waals surface area contributed by atoms with Crippen molar-refractivity contribution in [2.45, 2.75) is 18.6 Å². The van der Waals surface area contributed by atoms with Crippen LogP contribution in [0.1, 0.15) is 23.8 Å². The Hall–Kier alpha value is -1.48. The van der Waals surface area contributed by atoms with Gasteiger partial charge in [-0.05, 0) is 18.6 Å². The van der Waals surface area contributed by atoms with Crippen molar-refractivity contribution in [3.8, 4) is 6.07 Å². The van der Waals surface area contributed by atoms with Gasteiger partial charge in [-0.2, -0.15) is 5.26 Å². The Labute approximate surface area is 87.3 Å². The summed E-state index contributed by atoms with van der Waals surface area (Å²) >= 11 is 0. The summed E-state index contributed by atoms with van der Waals surface area (Å²) in [5, 5.41) is 36.2. The van der Waals surface area contributed by atoms with E-state index in [9.17, 15) is 10.2 Å². The Morgan fingerprint density at radius 1 is 1.47 bits per heavy atom. The van der Waals surface area contributed by atoms with Crippen LogP contribution in [0.15, 0.2) is 18.3 Å². The zero-order chi connectivity index (χ0) is 11.3. The summed E-state index contributed by atoms with van der Waals surface area (Å²) in [5.41, 5.74) is 0.602. The number of hydrogen-bond donors (Lipinski definition) is 3. The summed E-state index contributed by atoms with van der Waals surface area (Å²) in [5.74, 6) is 0. The zero-order valence-corrected chi connectivity index (χ0v) is 8.04. The molecule has 5 nitrogen and oxygen atoms in total. The molecule has 5 heteroatoms. The van der Waals surface area contributed by atoms with Gasteiger partial charge < -0.3 is 15.3 Å². The van der Waals surface area contributed by atoms with Gasteiger partial charge in [-0.3, -0.25) is 4.98 Å². The van der Waals surface area contributed by atoms with E-state index in [2.05, 4.69) is 4.98 Å². The molecule has 2 unspecified atom stereocenters. The van der Waals surface area contributed by atoms with E-state index in [-0.39, 0.29) is 18.7 Å². The first kappa shape index (κ1) is 11.6. The molecule has 0 aliphatic carbocycles. The number of hydrogen-bond acceptors (Lipinski definition) is 5. The number of nitrogens with zero attached hydrogens (tertiary/aromatic N) is 2. The van der Waals surface area contributed by atoms with Crippen molar-refractivity contribution in [3.63, 3.8) is 0 Å². The fraction of sp³-hybridized carbons (Fsp3) is 0.400. The van der Waals surface area contributed by atoms with E-state index in [1.165, 1.54) is 18.3 Å². The lowest BCUT2D eigenvalue weighted by molar-refractivity contribution is 0.00191. The van der Waals surface area contributed by atoms with Crippen LogP contribution in [0.2, 0.25) is 0 Å². The lowest BCUT2D eigenvalue weighted by Crippen LogP contribution is -2.20. The average Bonchev–Trinajstić information content (AvgIpc) is 2.28. The van der Waals surface area contributed by atoms with Crippen molar-refractivity contribution in [3.05, 3.63) is 29.6 Å². The largest absolute Gasteiger partial charge is 0.396 e. The molecule has 0 fully saturated rings. The summed E-state index contributed by atoms with van der Waals surface area (Å²) in [7, 11) is 0. The smallest absolute Gasteiger partial charge is 0.122 e. The SMILES string of the molecule is N#Cc1ccnc(C(O)C(O)CCO)c1. The fourth-order valence-corrected chi connectivity index (χ4v) is 1.17. The summed E-state index contributed by atoms with van der Waals surface area (Å²) < 4.78 is 0. The summed E-state index contributed by atoms with van der Waals surface area (Å²) in [6.45, 7) is -0.212. The number of pyridine rings is 1. The normalized spacial score (nSPS) is 14.3. The molecule has 1 aromatic rings. The second-order valence-electron chi connectivity index (χ2n) is 3.11. The molecule has 2 atom stereocenters. The molecule has 0 saturated carbocycles. The summed E-state index contributed by atoms with van der Waals surface area (Å²) in [6, 6.07) is 4.83. The molecule has 80 valence electrons. The molecule has 0 aliphatic rings. The molecule has 15 heavy (non-hydrogen) atoms. The van der Waals surface area contributed by atoms with Crippen molar-refractivity contribution in [2.75, 3.05) is 6.61 Å². The van der Waals surface area contributed by atoms with Gasteiger partial charge in [0.05, 0.1) is 23.4 Å². The van der Waals surface area contributed by atoms with Crippen molar-refractivity contribution < 1.29 is 15.3 Å². The molecular formula is C10H12N2O3. The molecule has 3 N–H and O–H groups in total. The van der Waals surface area contributed by atoms with Crippen molar-refractivity contribution in [1.29, 1.82) is 5.26 Å². The molecule has 1 aromatic heterocycles. The molecule has 0 amide bonds. The van der Waals surface area contributed by atoms with Gasteiger partial charge in [0, 0.05) is 12.8 Å². The van der Waals surface area contributed by atoms with Crippen LogP contribution in [0, 0.1) is 11.3 Å². The first-order chi connectivity index (χ1) is 7.19. The van der Waals surface area contributed by atoms with Crippen LogP contribution < -0.4 is 0 Å². The van der Waals surface area contributed by atoms with Crippen LogP contribution in [0.3, 0.4) is 0 Å². The molecular weight excluding hydrogens is 196 g/mol. The van der Waals surface area contributed by atoms with Crippen LogP contribution in [0.4, 0.5) is 0 Å². The second-order valence-corrected chi connectivity index (χ2v) is 3.11. The molecule has 1 rings (SSSR count). The first-order valence-electron chi connectivity index (χ1n) is 4.52. The van der Waals surface area contributed by atoms with Crippen LogP contribution >= 0.6 is 0 Å².